The molecule has 2 aliphatic rings. The molecule has 1 unspecified atom stereocenters. The lowest BCUT2D eigenvalue weighted by Gasteiger charge is -2.42. The quantitative estimate of drug-likeness (QED) is 0.814. The molecule has 2 rings (SSSR count). The van der Waals surface area contributed by atoms with Crippen LogP contribution in [-0.4, -0.2) is 66.8 Å². The molecule has 106 valence electrons. The summed E-state index contributed by atoms with van der Waals surface area (Å²) in [5.41, 5.74) is 5.94. The predicted molar refractivity (Wildman–Crippen MR) is 74.7 cm³/mol. The van der Waals surface area contributed by atoms with Gasteiger partial charge in [0.05, 0.1) is 11.7 Å². The largest absolute Gasteiger partial charge is 0.370 e. The fourth-order valence-electron chi connectivity index (χ4n) is 3.22. The minimum absolute atomic E-state index is 0.00190. The van der Waals surface area contributed by atoms with Crippen LogP contribution >= 0.6 is 0 Å². The summed E-state index contributed by atoms with van der Waals surface area (Å²) in [5, 5.41) is 0. The van der Waals surface area contributed by atoms with E-state index in [2.05, 4.69) is 30.6 Å². The Hall–Kier alpha value is -0.160. The molecular weight excluding hydrogens is 226 g/mol. The first-order chi connectivity index (χ1) is 8.44. The highest BCUT2D eigenvalue weighted by Crippen LogP contribution is 2.20. The van der Waals surface area contributed by atoms with Crippen molar-refractivity contribution in [3.05, 3.63) is 0 Å². The molecule has 1 atom stereocenters. The molecule has 0 aliphatic carbocycles. The van der Waals surface area contributed by atoms with E-state index in [9.17, 15) is 0 Å². The van der Waals surface area contributed by atoms with Crippen LogP contribution in [0, 0.1) is 0 Å². The molecule has 4 nitrogen and oxygen atoms in total. The van der Waals surface area contributed by atoms with Crippen LogP contribution in [0.4, 0.5) is 0 Å². The summed E-state index contributed by atoms with van der Waals surface area (Å²) < 4.78 is 5.94. The van der Waals surface area contributed by atoms with Crippen LogP contribution in [0.2, 0.25) is 0 Å². The molecule has 0 aromatic rings. The normalized spacial score (nSPS) is 31.7. The number of hydrogen-bond acceptors (Lipinski definition) is 4. The Kier molecular flexibility index (Phi) is 4.64. The predicted octanol–water partition coefficient (Wildman–Crippen LogP) is 0.909. The summed E-state index contributed by atoms with van der Waals surface area (Å²) in [5.74, 6) is 0. The fraction of sp³-hybridized carbons (Fsp3) is 1.00. The average molecular weight is 255 g/mol. The Morgan fingerprint density at radius 3 is 2.39 bits per heavy atom. The zero-order valence-corrected chi connectivity index (χ0v) is 12.2. The third kappa shape index (κ3) is 4.19. The van der Waals surface area contributed by atoms with E-state index in [1.54, 1.807) is 0 Å². The highest BCUT2D eigenvalue weighted by molar-refractivity contribution is 4.83. The van der Waals surface area contributed by atoms with Crippen LogP contribution in [0.1, 0.15) is 33.6 Å². The molecule has 0 radical (unpaired) electrons. The van der Waals surface area contributed by atoms with Crippen molar-refractivity contribution in [3.63, 3.8) is 0 Å². The monoisotopic (exact) mass is 255 g/mol. The Labute approximate surface area is 111 Å². The average Bonchev–Trinajstić information content (AvgIpc) is 2.25. The van der Waals surface area contributed by atoms with Crippen molar-refractivity contribution in [3.8, 4) is 0 Å². The van der Waals surface area contributed by atoms with Crippen molar-refractivity contribution >= 4 is 0 Å². The van der Waals surface area contributed by atoms with Gasteiger partial charge in [-0.3, -0.25) is 4.90 Å². The second kappa shape index (κ2) is 5.87. The van der Waals surface area contributed by atoms with Crippen molar-refractivity contribution < 1.29 is 4.74 Å². The lowest BCUT2D eigenvalue weighted by Crippen LogP contribution is -2.53. The number of likely N-dealkylation sites (tertiary alicyclic amines) is 1. The van der Waals surface area contributed by atoms with Crippen LogP contribution in [0.25, 0.3) is 0 Å². The lowest BCUT2D eigenvalue weighted by molar-refractivity contribution is -0.129. The zero-order valence-electron chi connectivity index (χ0n) is 12.2. The van der Waals surface area contributed by atoms with Gasteiger partial charge in [0, 0.05) is 32.2 Å². The smallest absolute Gasteiger partial charge is 0.0757 e. The molecule has 0 spiro atoms. The van der Waals surface area contributed by atoms with Gasteiger partial charge in [-0.05, 0) is 46.7 Å². The molecule has 2 aliphatic heterocycles. The van der Waals surface area contributed by atoms with Gasteiger partial charge in [-0.15, -0.1) is 0 Å². The summed E-state index contributed by atoms with van der Waals surface area (Å²) in [6, 6.07) is 0.434. The van der Waals surface area contributed by atoms with Crippen molar-refractivity contribution in [2.24, 2.45) is 5.73 Å². The highest BCUT2D eigenvalue weighted by atomic mass is 16.5. The standard InChI is InChI=1S/C14H29N3O/c1-12-10-17(11-14(2,3)18-12)9-8-16-6-4-13(15)5-7-16/h12-13H,4-11,15H2,1-3H3. The van der Waals surface area contributed by atoms with Gasteiger partial charge in [-0.25, -0.2) is 0 Å². The number of ether oxygens (including phenoxy) is 1. The Balaban J connectivity index is 1.73. The van der Waals surface area contributed by atoms with Gasteiger partial charge in [0.2, 0.25) is 0 Å². The van der Waals surface area contributed by atoms with Crippen molar-refractivity contribution in [2.45, 2.75) is 51.4 Å². The van der Waals surface area contributed by atoms with Crippen molar-refractivity contribution in [2.75, 3.05) is 39.3 Å². The Bertz CT molecular complexity index is 262. The number of rotatable bonds is 3. The molecule has 0 bridgehead atoms. The van der Waals surface area contributed by atoms with Crippen LogP contribution in [-0.2, 0) is 4.74 Å². The molecule has 0 aromatic heterocycles. The third-order valence-corrected chi connectivity index (χ3v) is 4.00. The SMILES string of the molecule is CC1CN(CCN2CCC(N)CC2)CC(C)(C)O1. The van der Waals surface area contributed by atoms with E-state index < -0.39 is 0 Å². The van der Waals surface area contributed by atoms with Crippen LogP contribution in [0.5, 0.6) is 0 Å². The van der Waals surface area contributed by atoms with E-state index in [0.717, 1.165) is 32.5 Å². The molecule has 0 saturated carbocycles. The molecule has 2 fully saturated rings. The lowest BCUT2D eigenvalue weighted by atomic mass is 10.0. The maximum atomic E-state index is 5.94. The highest BCUT2D eigenvalue weighted by Gasteiger charge is 2.31. The summed E-state index contributed by atoms with van der Waals surface area (Å²) in [4.78, 5) is 5.10. The van der Waals surface area contributed by atoms with E-state index in [4.69, 9.17) is 10.5 Å². The minimum atomic E-state index is 0.00190. The van der Waals surface area contributed by atoms with E-state index in [1.165, 1.54) is 19.6 Å². The zero-order chi connectivity index (χ0) is 13.2. The molecule has 0 amide bonds. The molecule has 4 heteroatoms. The first kappa shape index (κ1) is 14.3. The van der Waals surface area contributed by atoms with Gasteiger partial charge in [0.15, 0.2) is 0 Å². The third-order valence-electron chi connectivity index (χ3n) is 4.00. The molecular formula is C14H29N3O. The summed E-state index contributed by atoms with van der Waals surface area (Å²) in [6.07, 6.45) is 2.67. The first-order valence-electron chi connectivity index (χ1n) is 7.33. The Morgan fingerprint density at radius 2 is 1.78 bits per heavy atom. The molecule has 2 N–H and O–H groups in total. The maximum absolute atomic E-state index is 5.94. The van der Waals surface area contributed by atoms with Gasteiger partial charge in [-0.1, -0.05) is 0 Å². The van der Waals surface area contributed by atoms with Gasteiger partial charge in [0.25, 0.3) is 0 Å². The van der Waals surface area contributed by atoms with Crippen molar-refractivity contribution in [1.29, 1.82) is 0 Å². The second-order valence-electron chi connectivity index (χ2n) is 6.60. The second-order valence-corrected chi connectivity index (χ2v) is 6.60. The van der Waals surface area contributed by atoms with E-state index >= 15 is 0 Å². The number of hydrogen-bond donors (Lipinski definition) is 1. The molecule has 2 saturated heterocycles. The maximum Gasteiger partial charge on any atom is 0.0757 e. The molecule has 2 heterocycles. The number of nitrogens with two attached hydrogens (primary N) is 1. The van der Waals surface area contributed by atoms with Crippen LogP contribution in [0.3, 0.4) is 0 Å². The van der Waals surface area contributed by atoms with Gasteiger partial charge in [0.1, 0.15) is 0 Å². The summed E-state index contributed by atoms with van der Waals surface area (Å²) in [6.45, 7) is 13.3. The molecule has 0 aromatic carbocycles. The van der Waals surface area contributed by atoms with E-state index in [1.807, 2.05) is 0 Å². The van der Waals surface area contributed by atoms with Gasteiger partial charge in [-0.2, -0.15) is 0 Å². The topological polar surface area (TPSA) is 41.7 Å². The van der Waals surface area contributed by atoms with Crippen LogP contribution in [0.15, 0.2) is 0 Å². The number of morpholine rings is 1. The van der Waals surface area contributed by atoms with Gasteiger partial charge < -0.3 is 15.4 Å². The summed E-state index contributed by atoms with van der Waals surface area (Å²) >= 11 is 0. The van der Waals surface area contributed by atoms with E-state index in [-0.39, 0.29) is 5.60 Å². The fourth-order valence-corrected chi connectivity index (χ4v) is 3.22. The van der Waals surface area contributed by atoms with Gasteiger partial charge >= 0.3 is 0 Å². The number of nitrogens with zero attached hydrogens (tertiary/aromatic N) is 2. The number of piperidine rings is 1. The summed E-state index contributed by atoms with van der Waals surface area (Å²) in [7, 11) is 0. The minimum Gasteiger partial charge on any atom is -0.370 e. The van der Waals surface area contributed by atoms with Crippen molar-refractivity contribution in [1.82, 2.24) is 9.80 Å². The molecule has 18 heavy (non-hydrogen) atoms. The van der Waals surface area contributed by atoms with Crippen LogP contribution < -0.4 is 5.73 Å². The Morgan fingerprint density at radius 1 is 1.17 bits per heavy atom. The first-order valence-corrected chi connectivity index (χ1v) is 7.33. The van der Waals surface area contributed by atoms with E-state index in [0.29, 0.717) is 12.1 Å².